The fraction of sp³-hybridized carbons (Fsp3) is 0.375. The Bertz CT molecular complexity index is 639. The topological polar surface area (TPSA) is 76.7 Å². The van der Waals surface area contributed by atoms with E-state index in [1.165, 1.54) is 13.2 Å². The molecule has 0 radical (unpaired) electrons. The van der Waals surface area contributed by atoms with Crippen LogP contribution in [0.5, 0.6) is 5.75 Å². The third-order valence-corrected chi connectivity index (χ3v) is 3.92. The highest BCUT2D eigenvalue weighted by molar-refractivity contribution is 5.99. The normalized spacial score (nSPS) is 18.6. The zero-order valence-electron chi connectivity index (χ0n) is 12.8. The van der Waals surface area contributed by atoms with Crippen LogP contribution in [0.4, 0.5) is 0 Å². The van der Waals surface area contributed by atoms with Gasteiger partial charge in [-0.25, -0.2) is 4.79 Å². The number of carbonyl (C=O) groups is 2. The summed E-state index contributed by atoms with van der Waals surface area (Å²) in [5.74, 6) is 0.00409. The number of nitrogens with one attached hydrogen (secondary N) is 2. The van der Waals surface area contributed by atoms with E-state index in [0.29, 0.717) is 11.3 Å². The third kappa shape index (κ3) is 3.65. The second kappa shape index (κ2) is 7.02. The van der Waals surface area contributed by atoms with Crippen molar-refractivity contribution in [3.8, 4) is 5.75 Å². The molecule has 0 unspecified atom stereocenters. The third-order valence-electron chi connectivity index (χ3n) is 3.92. The number of methoxy groups -OCH3 is 1. The van der Waals surface area contributed by atoms with Crippen LogP contribution in [0, 0.1) is 0 Å². The van der Waals surface area contributed by atoms with Crippen LogP contribution in [-0.4, -0.2) is 37.8 Å². The maximum absolute atomic E-state index is 12.4. The number of halogens is 1. The fourth-order valence-corrected chi connectivity index (χ4v) is 2.72. The van der Waals surface area contributed by atoms with Crippen molar-refractivity contribution in [1.82, 2.24) is 10.6 Å². The number of amides is 1. The molecule has 6 nitrogen and oxygen atoms in total. The van der Waals surface area contributed by atoms with Gasteiger partial charge < -0.3 is 20.1 Å². The summed E-state index contributed by atoms with van der Waals surface area (Å²) in [4.78, 5) is 23.5. The van der Waals surface area contributed by atoms with Crippen molar-refractivity contribution in [1.29, 1.82) is 0 Å². The minimum atomic E-state index is -0.599. The summed E-state index contributed by atoms with van der Waals surface area (Å²) in [6, 6.07) is 5.29. The smallest absolute Gasteiger partial charge is 0.330 e. The number of fused-ring (bicyclic) bond motifs is 1. The van der Waals surface area contributed by atoms with Crippen molar-refractivity contribution in [2.75, 3.05) is 20.2 Å². The molecule has 0 aliphatic carbocycles. The molecule has 0 saturated carbocycles. The highest BCUT2D eigenvalue weighted by Crippen LogP contribution is 2.32. The average Bonchev–Trinajstić information content (AvgIpc) is 2.53. The van der Waals surface area contributed by atoms with Gasteiger partial charge in [-0.05, 0) is 23.8 Å². The lowest BCUT2D eigenvalue weighted by Crippen LogP contribution is -2.60. The summed E-state index contributed by atoms with van der Waals surface area (Å²) >= 11 is 0. The molecule has 0 aromatic heterocycles. The number of rotatable bonds is 2. The van der Waals surface area contributed by atoms with Gasteiger partial charge in [0, 0.05) is 32.0 Å². The van der Waals surface area contributed by atoms with Crippen molar-refractivity contribution >= 4 is 30.4 Å². The number of hydrogen-bond acceptors (Lipinski definition) is 5. The number of ether oxygens (including phenoxy) is 2. The Hall–Kier alpha value is -2.05. The first-order valence-electron chi connectivity index (χ1n) is 7.24. The molecular formula is C16H19ClN2O4. The van der Waals surface area contributed by atoms with E-state index in [2.05, 4.69) is 15.4 Å². The number of benzene rings is 1. The van der Waals surface area contributed by atoms with Gasteiger partial charge in [-0.3, -0.25) is 4.79 Å². The predicted molar refractivity (Wildman–Crippen MR) is 87.7 cm³/mol. The Morgan fingerprint density at radius 3 is 2.78 bits per heavy atom. The predicted octanol–water partition coefficient (Wildman–Crippen LogP) is 1.50. The number of carbonyl (C=O) groups excluding carboxylic acids is 2. The Balaban J connectivity index is 0.00000192. The van der Waals surface area contributed by atoms with Crippen LogP contribution in [-0.2, 0) is 9.53 Å². The van der Waals surface area contributed by atoms with Gasteiger partial charge in [0.05, 0.1) is 12.7 Å². The lowest BCUT2D eigenvalue weighted by Gasteiger charge is -2.41. The zero-order chi connectivity index (χ0) is 15.6. The van der Waals surface area contributed by atoms with Gasteiger partial charge in [0.25, 0.3) is 5.91 Å². The van der Waals surface area contributed by atoms with Crippen LogP contribution < -0.4 is 15.4 Å². The maximum Gasteiger partial charge on any atom is 0.330 e. The summed E-state index contributed by atoms with van der Waals surface area (Å²) in [5.41, 5.74) is 0.624. The van der Waals surface area contributed by atoms with E-state index in [-0.39, 0.29) is 18.3 Å². The molecule has 7 heteroatoms. The largest absolute Gasteiger partial charge is 0.467 e. The molecule has 0 bridgehead atoms. The summed E-state index contributed by atoms with van der Waals surface area (Å²) in [5, 5.41) is 6.23. The molecule has 1 amide bonds. The molecule has 1 saturated heterocycles. The fourth-order valence-electron chi connectivity index (χ4n) is 2.72. The second-order valence-electron chi connectivity index (χ2n) is 5.41. The molecule has 124 valence electrons. The first-order chi connectivity index (χ1) is 10.6. The molecule has 3 rings (SSSR count). The van der Waals surface area contributed by atoms with Crippen LogP contribution in [0.15, 0.2) is 24.3 Å². The Labute approximate surface area is 140 Å². The van der Waals surface area contributed by atoms with Gasteiger partial charge in [0.15, 0.2) is 5.72 Å². The van der Waals surface area contributed by atoms with Gasteiger partial charge in [-0.2, -0.15) is 0 Å². The molecule has 2 heterocycles. The van der Waals surface area contributed by atoms with E-state index in [4.69, 9.17) is 4.74 Å². The van der Waals surface area contributed by atoms with Crippen LogP contribution in [0.2, 0.25) is 0 Å². The van der Waals surface area contributed by atoms with E-state index in [1.807, 2.05) is 6.07 Å². The molecule has 2 aliphatic heterocycles. The van der Waals surface area contributed by atoms with Gasteiger partial charge >= 0.3 is 5.97 Å². The van der Waals surface area contributed by atoms with Crippen molar-refractivity contribution in [2.24, 2.45) is 0 Å². The van der Waals surface area contributed by atoms with E-state index in [9.17, 15) is 9.59 Å². The molecule has 1 spiro atoms. The molecule has 0 atom stereocenters. The van der Waals surface area contributed by atoms with Gasteiger partial charge in [-0.1, -0.05) is 6.07 Å². The van der Waals surface area contributed by atoms with Crippen molar-refractivity contribution < 1.29 is 19.1 Å². The lowest BCUT2D eigenvalue weighted by molar-refractivity contribution is -0.134. The van der Waals surface area contributed by atoms with Gasteiger partial charge in [-0.15, -0.1) is 12.4 Å². The number of piperidine rings is 1. The average molecular weight is 339 g/mol. The summed E-state index contributed by atoms with van der Waals surface area (Å²) < 4.78 is 10.6. The minimum absolute atomic E-state index is 0. The molecule has 2 N–H and O–H groups in total. The van der Waals surface area contributed by atoms with Crippen LogP contribution in [0.3, 0.4) is 0 Å². The molecule has 1 fully saturated rings. The summed E-state index contributed by atoms with van der Waals surface area (Å²) in [6.45, 7) is 1.63. The highest BCUT2D eigenvalue weighted by Gasteiger charge is 2.40. The SMILES string of the molecule is COC(=O)/C=C/c1ccc2c(c1)C(=O)NC1(CCNCC1)O2.Cl. The van der Waals surface area contributed by atoms with Gasteiger partial charge in [0.1, 0.15) is 5.75 Å². The van der Waals surface area contributed by atoms with Crippen molar-refractivity contribution in [2.45, 2.75) is 18.6 Å². The summed E-state index contributed by atoms with van der Waals surface area (Å²) in [6.07, 6.45) is 4.40. The van der Waals surface area contributed by atoms with Crippen molar-refractivity contribution in [3.63, 3.8) is 0 Å². The molecular weight excluding hydrogens is 320 g/mol. The number of esters is 1. The molecule has 1 aromatic rings. The lowest BCUT2D eigenvalue weighted by atomic mass is 9.97. The molecule has 23 heavy (non-hydrogen) atoms. The molecule has 2 aliphatic rings. The minimum Gasteiger partial charge on any atom is -0.467 e. The molecule has 1 aromatic carbocycles. The Morgan fingerprint density at radius 2 is 2.09 bits per heavy atom. The Kier molecular flexibility index (Phi) is 5.28. The van der Waals surface area contributed by atoms with Gasteiger partial charge in [0.2, 0.25) is 0 Å². The van der Waals surface area contributed by atoms with E-state index in [1.54, 1.807) is 18.2 Å². The van der Waals surface area contributed by atoms with Crippen LogP contribution in [0.1, 0.15) is 28.8 Å². The van der Waals surface area contributed by atoms with E-state index < -0.39 is 11.7 Å². The van der Waals surface area contributed by atoms with Crippen molar-refractivity contribution in [3.05, 3.63) is 35.4 Å². The number of hydrogen-bond donors (Lipinski definition) is 2. The monoisotopic (exact) mass is 338 g/mol. The van der Waals surface area contributed by atoms with E-state index >= 15 is 0 Å². The van der Waals surface area contributed by atoms with Crippen LogP contribution in [0.25, 0.3) is 6.08 Å². The van der Waals surface area contributed by atoms with E-state index in [0.717, 1.165) is 31.5 Å². The quantitative estimate of drug-likeness (QED) is 0.631. The highest BCUT2D eigenvalue weighted by atomic mass is 35.5. The summed E-state index contributed by atoms with van der Waals surface area (Å²) in [7, 11) is 1.32. The maximum atomic E-state index is 12.4. The van der Waals surface area contributed by atoms with Crippen LogP contribution >= 0.6 is 12.4 Å². The Morgan fingerprint density at radius 1 is 1.35 bits per heavy atom. The first-order valence-corrected chi connectivity index (χ1v) is 7.24. The standard InChI is InChI=1S/C16H18N2O4.ClH/c1-21-14(19)5-3-11-2-4-13-12(10-11)15(20)18-16(22-13)6-8-17-9-7-16;/h2-5,10,17H,6-9H2,1H3,(H,18,20);1H/b5-3+;. The zero-order valence-corrected chi connectivity index (χ0v) is 13.6. The second-order valence-corrected chi connectivity index (χ2v) is 5.41. The first kappa shape index (κ1) is 17.3.